The van der Waals surface area contributed by atoms with E-state index in [-0.39, 0.29) is 11.4 Å². The van der Waals surface area contributed by atoms with Crippen molar-refractivity contribution in [2.75, 3.05) is 30.8 Å². The van der Waals surface area contributed by atoms with Gasteiger partial charge >= 0.3 is 5.69 Å². The molecule has 0 radical (unpaired) electrons. The fourth-order valence-electron chi connectivity index (χ4n) is 2.13. The van der Waals surface area contributed by atoms with Crippen LogP contribution < -0.4 is 22.3 Å². The van der Waals surface area contributed by atoms with Gasteiger partial charge in [-0.1, -0.05) is 0 Å². The van der Waals surface area contributed by atoms with Gasteiger partial charge in [-0.3, -0.25) is 14.3 Å². The summed E-state index contributed by atoms with van der Waals surface area (Å²) < 4.78 is 6.57. The van der Waals surface area contributed by atoms with Crippen LogP contribution in [0.4, 0.5) is 10.9 Å². The molecule has 0 amide bonds. The lowest BCUT2D eigenvalue weighted by molar-refractivity contribution is 0.147. The van der Waals surface area contributed by atoms with E-state index in [1.165, 1.54) is 15.9 Å². The fraction of sp³-hybridized carbons (Fsp3) is 0.500. The molecule has 0 aliphatic carbocycles. The molecule has 2 aromatic heterocycles. The maximum atomic E-state index is 12.0. The van der Waals surface area contributed by atoms with Gasteiger partial charge in [0.1, 0.15) is 11.4 Å². The molecule has 8 nitrogen and oxygen atoms in total. The number of nitrogens with two attached hydrogens (primary N) is 1. The molecular formula is C14H21N5O3S. The van der Waals surface area contributed by atoms with E-state index in [2.05, 4.69) is 15.3 Å². The predicted molar refractivity (Wildman–Crippen MR) is 92.1 cm³/mol. The first-order valence-electron chi connectivity index (χ1n) is 7.48. The molecule has 0 aliphatic rings. The highest BCUT2D eigenvalue weighted by molar-refractivity contribution is 7.14. The van der Waals surface area contributed by atoms with Crippen LogP contribution in [0.1, 0.15) is 20.3 Å². The quantitative estimate of drug-likeness (QED) is 0.620. The maximum Gasteiger partial charge on any atom is 0.329 e. The highest BCUT2D eigenvalue weighted by atomic mass is 32.1. The zero-order valence-electron chi connectivity index (χ0n) is 13.2. The molecule has 2 rings (SSSR count). The third kappa shape index (κ3) is 3.99. The van der Waals surface area contributed by atoms with Crippen molar-refractivity contribution in [3.05, 3.63) is 26.2 Å². The summed E-state index contributed by atoms with van der Waals surface area (Å²) >= 11 is 1.38. The number of ether oxygens (including phenoxy) is 1. The molecule has 0 saturated carbocycles. The zero-order chi connectivity index (χ0) is 16.8. The Morgan fingerprint density at radius 3 is 2.91 bits per heavy atom. The summed E-state index contributed by atoms with van der Waals surface area (Å²) in [6.07, 6.45) is 0.867. The van der Waals surface area contributed by atoms with Crippen LogP contribution in [0.3, 0.4) is 0 Å². The van der Waals surface area contributed by atoms with Crippen molar-refractivity contribution in [1.82, 2.24) is 14.5 Å². The van der Waals surface area contributed by atoms with Gasteiger partial charge < -0.3 is 15.8 Å². The topological polar surface area (TPSA) is 115 Å². The number of H-pyrrole nitrogens is 1. The Labute approximate surface area is 137 Å². The molecule has 0 unspecified atom stereocenters. The Morgan fingerprint density at radius 1 is 1.43 bits per heavy atom. The summed E-state index contributed by atoms with van der Waals surface area (Å²) in [5, 5.41) is 5.62. The number of hydrogen-bond donors (Lipinski definition) is 3. The fourth-order valence-corrected chi connectivity index (χ4v) is 2.86. The second kappa shape index (κ2) is 7.93. The predicted octanol–water partition coefficient (Wildman–Crippen LogP) is 1.10. The van der Waals surface area contributed by atoms with Crippen LogP contribution in [-0.2, 0) is 11.3 Å². The van der Waals surface area contributed by atoms with Crippen molar-refractivity contribution in [3.63, 3.8) is 0 Å². The van der Waals surface area contributed by atoms with Crippen LogP contribution in [0, 0.1) is 0 Å². The Morgan fingerprint density at radius 2 is 2.22 bits per heavy atom. The number of hydrogen-bond acceptors (Lipinski definition) is 7. The molecule has 0 aliphatic heterocycles. The molecule has 9 heteroatoms. The Kier molecular flexibility index (Phi) is 5.94. The second-order valence-electron chi connectivity index (χ2n) is 4.78. The second-order valence-corrected chi connectivity index (χ2v) is 5.64. The third-order valence-electron chi connectivity index (χ3n) is 3.26. The van der Waals surface area contributed by atoms with Crippen LogP contribution in [0.5, 0.6) is 0 Å². The van der Waals surface area contributed by atoms with E-state index in [0.717, 1.165) is 13.0 Å². The number of aromatic amines is 1. The van der Waals surface area contributed by atoms with Crippen LogP contribution in [-0.4, -0.2) is 34.3 Å². The van der Waals surface area contributed by atoms with Crippen molar-refractivity contribution < 1.29 is 4.74 Å². The van der Waals surface area contributed by atoms with Gasteiger partial charge in [0, 0.05) is 31.7 Å². The molecule has 2 heterocycles. The molecule has 0 spiro atoms. The maximum absolute atomic E-state index is 12.0. The van der Waals surface area contributed by atoms with Crippen molar-refractivity contribution in [2.45, 2.75) is 26.8 Å². The molecule has 0 atom stereocenters. The molecule has 0 saturated heterocycles. The lowest BCUT2D eigenvalue weighted by Gasteiger charge is -2.08. The van der Waals surface area contributed by atoms with Crippen molar-refractivity contribution in [2.24, 2.45) is 0 Å². The van der Waals surface area contributed by atoms with E-state index in [1.54, 1.807) is 12.3 Å². The van der Waals surface area contributed by atoms with Gasteiger partial charge in [-0.2, -0.15) is 0 Å². The van der Waals surface area contributed by atoms with E-state index in [1.807, 2.05) is 6.92 Å². The lowest BCUT2D eigenvalue weighted by Crippen LogP contribution is -2.32. The molecule has 4 N–H and O–H groups in total. The molecule has 0 aromatic carbocycles. The first-order chi connectivity index (χ1) is 11.1. The van der Waals surface area contributed by atoms with Gasteiger partial charge in [-0.05, 0) is 20.3 Å². The number of thiazole rings is 1. The number of aromatic nitrogens is 3. The minimum absolute atomic E-state index is 0.134. The largest absolute Gasteiger partial charge is 0.384 e. The van der Waals surface area contributed by atoms with Gasteiger partial charge in [0.05, 0.1) is 5.69 Å². The lowest BCUT2D eigenvalue weighted by atomic mass is 10.2. The van der Waals surface area contributed by atoms with Crippen molar-refractivity contribution in [1.29, 1.82) is 0 Å². The number of anilines is 2. The van der Waals surface area contributed by atoms with Gasteiger partial charge in [-0.15, -0.1) is 11.3 Å². The Hall–Kier alpha value is -2.13. The average Bonchev–Trinajstić information content (AvgIpc) is 2.95. The van der Waals surface area contributed by atoms with Crippen LogP contribution in [0.25, 0.3) is 11.3 Å². The molecule has 23 heavy (non-hydrogen) atoms. The van der Waals surface area contributed by atoms with Crippen LogP contribution >= 0.6 is 11.3 Å². The van der Waals surface area contributed by atoms with Gasteiger partial charge in [0.2, 0.25) is 0 Å². The summed E-state index contributed by atoms with van der Waals surface area (Å²) in [6.45, 7) is 6.24. The van der Waals surface area contributed by atoms with E-state index in [9.17, 15) is 9.59 Å². The van der Waals surface area contributed by atoms with Gasteiger partial charge in [-0.25, -0.2) is 9.78 Å². The van der Waals surface area contributed by atoms with Gasteiger partial charge in [0.15, 0.2) is 5.13 Å². The van der Waals surface area contributed by atoms with Crippen molar-refractivity contribution in [3.8, 4) is 11.3 Å². The SMILES string of the molecule is CCOCCCNc1nc(-c2c(N)n(CC)c(=O)[nH]c2=O)cs1. The zero-order valence-corrected chi connectivity index (χ0v) is 14.0. The summed E-state index contributed by atoms with van der Waals surface area (Å²) in [6, 6.07) is 0. The van der Waals surface area contributed by atoms with Crippen molar-refractivity contribution >= 4 is 22.3 Å². The summed E-state index contributed by atoms with van der Waals surface area (Å²) in [5.41, 5.74) is 5.62. The molecule has 0 bridgehead atoms. The van der Waals surface area contributed by atoms with E-state index in [0.29, 0.717) is 30.6 Å². The minimum Gasteiger partial charge on any atom is -0.384 e. The standard InChI is InChI=1S/C14H21N5O3S/c1-3-19-11(15)10(12(20)18-14(19)21)9-8-23-13(17-9)16-6-5-7-22-4-2/h8H,3-7,15H2,1-2H3,(H,16,17)(H,18,20,21). The van der Waals surface area contributed by atoms with Gasteiger partial charge in [0.25, 0.3) is 5.56 Å². The number of nitrogens with zero attached hydrogens (tertiary/aromatic N) is 2. The minimum atomic E-state index is -0.523. The first-order valence-corrected chi connectivity index (χ1v) is 8.36. The third-order valence-corrected chi connectivity index (χ3v) is 4.06. The molecule has 0 fully saturated rings. The number of nitrogens with one attached hydrogen (secondary N) is 2. The highest BCUT2D eigenvalue weighted by Crippen LogP contribution is 2.25. The van der Waals surface area contributed by atoms with E-state index >= 15 is 0 Å². The van der Waals surface area contributed by atoms with E-state index < -0.39 is 11.2 Å². The molecule has 126 valence electrons. The Balaban J connectivity index is 2.18. The number of rotatable bonds is 8. The average molecular weight is 339 g/mol. The summed E-state index contributed by atoms with van der Waals surface area (Å²) in [4.78, 5) is 30.4. The van der Waals surface area contributed by atoms with E-state index in [4.69, 9.17) is 10.5 Å². The Bertz CT molecular complexity index is 765. The first kappa shape index (κ1) is 17.2. The summed E-state index contributed by atoms with van der Waals surface area (Å²) in [5.74, 6) is 0.134. The normalized spacial score (nSPS) is 10.9. The molecular weight excluding hydrogens is 318 g/mol. The van der Waals surface area contributed by atoms with Crippen LogP contribution in [0.15, 0.2) is 15.0 Å². The highest BCUT2D eigenvalue weighted by Gasteiger charge is 2.16. The smallest absolute Gasteiger partial charge is 0.329 e. The van der Waals surface area contributed by atoms with Crippen LogP contribution in [0.2, 0.25) is 0 Å². The molecule has 2 aromatic rings. The summed E-state index contributed by atoms with van der Waals surface area (Å²) in [7, 11) is 0. The monoisotopic (exact) mass is 339 g/mol. The number of nitrogen functional groups attached to an aromatic ring is 1.